The quantitative estimate of drug-likeness (QED) is 0.134. The van der Waals surface area contributed by atoms with Crippen LogP contribution in [0, 0.1) is 0 Å². The fourth-order valence-electron chi connectivity index (χ4n) is 2.27. The van der Waals surface area contributed by atoms with Crippen molar-refractivity contribution in [1.29, 1.82) is 0 Å². The van der Waals surface area contributed by atoms with E-state index >= 15 is 0 Å². The molecule has 0 aliphatic rings. The summed E-state index contributed by atoms with van der Waals surface area (Å²) in [5, 5.41) is 5.24. The first-order chi connectivity index (χ1) is 15.3. The van der Waals surface area contributed by atoms with Crippen LogP contribution in [0.2, 0.25) is 0 Å². The summed E-state index contributed by atoms with van der Waals surface area (Å²) in [7, 11) is 0. The van der Waals surface area contributed by atoms with Crippen molar-refractivity contribution in [3.8, 4) is 0 Å². The molecule has 31 heavy (non-hydrogen) atoms. The minimum absolute atomic E-state index is 1.22. The number of benzene rings is 4. The molecule has 0 atom stereocenters. The minimum atomic E-state index is 1.22. The number of fused-ring (bicyclic) bond motifs is 2. The van der Waals surface area contributed by atoms with Crippen molar-refractivity contribution in [1.82, 2.24) is 0 Å². The van der Waals surface area contributed by atoms with Gasteiger partial charge in [-0.15, -0.1) is 0 Å². The molecule has 4 aromatic rings. The van der Waals surface area contributed by atoms with Gasteiger partial charge in [-0.1, -0.05) is 199 Å². The van der Waals surface area contributed by atoms with E-state index in [4.69, 9.17) is 0 Å². The molecule has 0 saturated carbocycles. The Hall–Kier alpha value is -0.410. The summed E-state index contributed by atoms with van der Waals surface area (Å²) in [4.78, 5) is 0. The third kappa shape index (κ3) is 16.8. The number of halogens is 3. The van der Waals surface area contributed by atoms with Crippen molar-refractivity contribution in [3.63, 3.8) is 0 Å². The van der Waals surface area contributed by atoms with Gasteiger partial charge in [0, 0.05) is 8.86 Å². The first kappa shape index (κ1) is 32.8. The van der Waals surface area contributed by atoms with Gasteiger partial charge in [0.05, 0.1) is 0 Å². The molecule has 3 heteroatoms. The van der Waals surface area contributed by atoms with Crippen molar-refractivity contribution >= 4 is 89.3 Å². The van der Waals surface area contributed by atoms with Crippen LogP contribution in [0.5, 0.6) is 0 Å². The van der Waals surface area contributed by atoms with E-state index in [9.17, 15) is 0 Å². The van der Waals surface area contributed by atoms with Gasteiger partial charge in [0.2, 0.25) is 0 Å². The van der Waals surface area contributed by atoms with Crippen LogP contribution in [0.25, 0.3) is 21.5 Å². The van der Waals surface area contributed by atoms with Crippen molar-refractivity contribution in [2.75, 3.05) is 13.3 Å². The maximum atomic E-state index is 2.34. The second kappa shape index (κ2) is 25.8. The molecule has 0 N–H and O–H groups in total. The molecule has 0 aromatic heterocycles. The molecule has 0 aliphatic carbocycles. The Labute approximate surface area is 232 Å². The standard InChI is InChI=1S/2C10H8.C2H4I2.C2H5I.2C2H6/c2*1-2-6-10-8-4-3-7-9(10)5-1;3-1-2-4;1-2-3;2*1-2/h2*1-8H;1-2H2;2H2,1H3;2*1-2H3. The second-order valence-electron chi connectivity index (χ2n) is 5.34. The van der Waals surface area contributed by atoms with Crippen LogP contribution < -0.4 is 0 Å². The smallest absolute Gasteiger partial charge is 0.00852 e. The summed E-state index contributed by atoms with van der Waals surface area (Å²) in [6.45, 7) is 10.1. The third-order valence-corrected chi connectivity index (χ3v) is 6.53. The largest absolute Gasteiger partial charge is 0.0867 e. The zero-order valence-electron chi connectivity index (χ0n) is 19.5. The Morgan fingerprint density at radius 1 is 0.419 bits per heavy atom. The van der Waals surface area contributed by atoms with E-state index in [1.165, 1.54) is 34.8 Å². The van der Waals surface area contributed by atoms with E-state index in [0.717, 1.165) is 0 Å². The second-order valence-corrected chi connectivity index (χ2v) is 9.02. The molecular formula is C28H37I3. The van der Waals surface area contributed by atoms with E-state index in [2.05, 4.69) is 172 Å². The highest BCUT2D eigenvalue weighted by molar-refractivity contribution is 14.1. The van der Waals surface area contributed by atoms with Gasteiger partial charge in [0.1, 0.15) is 0 Å². The van der Waals surface area contributed by atoms with E-state index in [1.807, 2.05) is 27.7 Å². The zero-order chi connectivity index (χ0) is 23.7. The van der Waals surface area contributed by atoms with Crippen LogP contribution >= 0.6 is 67.8 Å². The number of rotatable bonds is 1. The fraction of sp³-hybridized carbons (Fsp3) is 0.286. The van der Waals surface area contributed by atoms with Gasteiger partial charge < -0.3 is 0 Å². The van der Waals surface area contributed by atoms with Crippen molar-refractivity contribution in [3.05, 3.63) is 97.1 Å². The Morgan fingerprint density at radius 2 is 0.548 bits per heavy atom. The highest BCUT2D eigenvalue weighted by Crippen LogP contribution is 2.12. The minimum Gasteiger partial charge on any atom is -0.0867 e. The Kier molecular flexibility index (Phi) is 27.3. The lowest BCUT2D eigenvalue weighted by atomic mass is 10.1. The Balaban J connectivity index is 0. The van der Waals surface area contributed by atoms with Gasteiger partial charge in [0.25, 0.3) is 0 Å². The molecule has 0 unspecified atom stereocenters. The molecule has 0 radical (unpaired) electrons. The molecule has 0 nitrogen and oxygen atoms in total. The number of alkyl halides is 3. The Bertz CT molecular complexity index is 671. The summed E-state index contributed by atoms with van der Waals surface area (Å²) in [5.41, 5.74) is 0. The molecule has 4 rings (SSSR count). The van der Waals surface area contributed by atoms with Crippen LogP contribution in [0.15, 0.2) is 97.1 Å². The predicted octanol–water partition coefficient (Wildman–Crippen LogP) is 11.0. The molecule has 4 aromatic carbocycles. The average Bonchev–Trinajstić information content (AvgIpc) is 2.88. The van der Waals surface area contributed by atoms with E-state index in [-0.39, 0.29) is 0 Å². The summed E-state index contributed by atoms with van der Waals surface area (Å²) in [6.07, 6.45) is 0. The summed E-state index contributed by atoms with van der Waals surface area (Å²) in [6, 6.07) is 33.4. The summed E-state index contributed by atoms with van der Waals surface area (Å²) < 4.78 is 3.77. The van der Waals surface area contributed by atoms with Gasteiger partial charge in [-0.25, -0.2) is 0 Å². The first-order valence-corrected chi connectivity index (χ1v) is 15.4. The van der Waals surface area contributed by atoms with Gasteiger partial charge in [-0.05, 0) is 26.0 Å². The van der Waals surface area contributed by atoms with Crippen molar-refractivity contribution in [2.24, 2.45) is 0 Å². The highest BCUT2D eigenvalue weighted by atomic mass is 127. The van der Waals surface area contributed by atoms with Gasteiger partial charge >= 0.3 is 0 Å². The first-order valence-electron chi connectivity index (χ1n) is 10.8. The molecule has 170 valence electrons. The highest BCUT2D eigenvalue weighted by Gasteiger charge is 1.86. The van der Waals surface area contributed by atoms with Gasteiger partial charge in [0.15, 0.2) is 0 Å². The maximum absolute atomic E-state index is 2.34. The van der Waals surface area contributed by atoms with Gasteiger partial charge in [-0.3, -0.25) is 0 Å². The molecule has 0 aliphatic heterocycles. The van der Waals surface area contributed by atoms with Crippen LogP contribution in [-0.4, -0.2) is 13.3 Å². The third-order valence-electron chi connectivity index (χ3n) is 3.39. The van der Waals surface area contributed by atoms with Crippen LogP contribution in [0.1, 0.15) is 34.6 Å². The van der Waals surface area contributed by atoms with Crippen LogP contribution in [-0.2, 0) is 0 Å². The molecular weight excluding hydrogens is 717 g/mol. The molecule has 0 fully saturated rings. The topological polar surface area (TPSA) is 0 Å². The lowest BCUT2D eigenvalue weighted by Gasteiger charge is -1.92. The summed E-state index contributed by atoms with van der Waals surface area (Å²) in [5.74, 6) is 0. The van der Waals surface area contributed by atoms with E-state index in [1.54, 1.807) is 0 Å². The molecule has 0 saturated heterocycles. The summed E-state index contributed by atoms with van der Waals surface area (Å²) >= 11 is 6.98. The normalized spacial score (nSPS) is 8.39. The molecule has 0 bridgehead atoms. The van der Waals surface area contributed by atoms with Crippen molar-refractivity contribution < 1.29 is 0 Å². The predicted molar refractivity (Wildman–Crippen MR) is 173 cm³/mol. The lowest BCUT2D eigenvalue weighted by molar-refractivity contribution is 1.50. The fourth-order valence-corrected chi connectivity index (χ4v) is 2.27. The number of hydrogen-bond acceptors (Lipinski definition) is 0. The van der Waals surface area contributed by atoms with Crippen LogP contribution in [0.3, 0.4) is 0 Å². The molecule has 0 heterocycles. The van der Waals surface area contributed by atoms with E-state index < -0.39 is 0 Å². The number of hydrogen-bond donors (Lipinski definition) is 0. The maximum Gasteiger partial charge on any atom is 0.00852 e. The van der Waals surface area contributed by atoms with Gasteiger partial charge in [-0.2, -0.15) is 0 Å². The molecule has 0 spiro atoms. The van der Waals surface area contributed by atoms with Crippen molar-refractivity contribution in [2.45, 2.75) is 34.6 Å². The van der Waals surface area contributed by atoms with E-state index in [0.29, 0.717) is 0 Å². The lowest BCUT2D eigenvalue weighted by Crippen LogP contribution is -1.67. The van der Waals surface area contributed by atoms with Crippen LogP contribution in [0.4, 0.5) is 0 Å². The monoisotopic (exact) mass is 754 g/mol. The zero-order valence-corrected chi connectivity index (χ0v) is 26.0. The average molecular weight is 754 g/mol. The SMILES string of the molecule is CC.CC.CCI.ICCI.c1ccc2ccccc2c1.c1ccc2ccccc2c1. The molecule has 0 amide bonds. The Morgan fingerprint density at radius 3 is 0.645 bits per heavy atom.